The lowest BCUT2D eigenvalue weighted by Crippen LogP contribution is -2.54. The number of nitrogens with one attached hydrogen (secondary N) is 1. The van der Waals surface area contributed by atoms with E-state index in [1.165, 1.54) is 37.2 Å². The minimum atomic E-state index is -4.27. The van der Waals surface area contributed by atoms with Crippen LogP contribution in [0.5, 0.6) is 0 Å². The Morgan fingerprint density at radius 1 is 0.925 bits per heavy atom. The van der Waals surface area contributed by atoms with Crippen molar-refractivity contribution in [1.29, 1.82) is 0 Å². The zero-order valence-corrected chi connectivity index (χ0v) is 25.2. The SMILES string of the molecule is CCCNC(=O)[C@H](Cc1ccccc1)N(Cc1ccc(Br)cc1)C(=O)CN(c1ccccc1F)S(=O)(=O)N(C)C. The molecule has 0 heterocycles. The number of carbonyl (C=O) groups is 2. The number of rotatable bonds is 13. The highest BCUT2D eigenvalue weighted by Gasteiger charge is 2.35. The molecule has 0 saturated heterocycles. The Morgan fingerprint density at radius 3 is 2.15 bits per heavy atom. The van der Waals surface area contributed by atoms with E-state index in [-0.39, 0.29) is 24.6 Å². The number of hydrogen-bond acceptors (Lipinski definition) is 4. The van der Waals surface area contributed by atoms with Crippen molar-refractivity contribution in [3.05, 3.63) is 100 Å². The van der Waals surface area contributed by atoms with Gasteiger partial charge in [-0.05, 0) is 41.8 Å². The number of carbonyl (C=O) groups excluding carboxylic acids is 2. The number of anilines is 1. The number of amides is 2. The Balaban J connectivity index is 2.08. The largest absolute Gasteiger partial charge is 0.354 e. The summed E-state index contributed by atoms with van der Waals surface area (Å²) in [6.07, 6.45) is 0.908. The van der Waals surface area contributed by atoms with Gasteiger partial charge in [-0.2, -0.15) is 12.7 Å². The van der Waals surface area contributed by atoms with Crippen LogP contribution in [-0.4, -0.2) is 62.7 Å². The molecule has 0 aromatic heterocycles. The maximum atomic E-state index is 14.9. The van der Waals surface area contributed by atoms with E-state index in [2.05, 4.69) is 21.2 Å². The second-order valence-corrected chi connectivity index (χ2v) is 12.4. The maximum absolute atomic E-state index is 14.9. The highest BCUT2D eigenvalue weighted by molar-refractivity contribution is 9.10. The van der Waals surface area contributed by atoms with Crippen LogP contribution < -0.4 is 9.62 Å². The molecule has 0 aliphatic rings. The van der Waals surface area contributed by atoms with Gasteiger partial charge in [0.15, 0.2) is 0 Å². The van der Waals surface area contributed by atoms with Crippen molar-refractivity contribution in [2.24, 2.45) is 0 Å². The van der Waals surface area contributed by atoms with E-state index < -0.39 is 34.5 Å². The third-order valence-corrected chi connectivity index (χ3v) is 8.56. The Hall–Kier alpha value is -3.28. The van der Waals surface area contributed by atoms with Gasteiger partial charge < -0.3 is 10.2 Å². The van der Waals surface area contributed by atoms with E-state index in [4.69, 9.17) is 0 Å². The second-order valence-electron chi connectivity index (χ2n) is 9.39. The Bertz CT molecular complexity index is 1390. The van der Waals surface area contributed by atoms with Gasteiger partial charge >= 0.3 is 10.2 Å². The van der Waals surface area contributed by atoms with Crippen LogP contribution in [0, 0.1) is 5.82 Å². The lowest BCUT2D eigenvalue weighted by molar-refractivity contribution is -0.140. The average molecular weight is 634 g/mol. The molecule has 3 aromatic carbocycles. The summed E-state index contributed by atoms with van der Waals surface area (Å²) in [4.78, 5) is 29.0. The standard InChI is InChI=1S/C29H34BrFN4O4S/c1-4-18-32-29(37)27(19-22-10-6-5-7-11-22)34(20-23-14-16-24(30)17-15-23)28(36)21-35(40(38,39)33(2)3)26-13-9-8-12-25(26)31/h5-17,27H,4,18-21H2,1-3H3,(H,32,37)/t27-/m0/s1. The molecular weight excluding hydrogens is 599 g/mol. The van der Waals surface area contributed by atoms with Gasteiger partial charge in [0, 0.05) is 38.1 Å². The van der Waals surface area contributed by atoms with Gasteiger partial charge in [0.2, 0.25) is 11.8 Å². The smallest absolute Gasteiger partial charge is 0.304 e. The summed E-state index contributed by atoms with van der Waals surface area (Å²) in [5.41, 5.74) is 1.31. The van der Waals surface area contributed by atoms with Gasteiger partial charge in [-0.15, -0.1) is 0 Å². The van der Waals surface area contributed by atoms with Crippen LogP contribution in [0.25, 0.3) is 0 Å². The van der Waals surface area contributed by atoms with Crippen LogP contribution in [0.4, 0.5) is 10.1 Å². The molecule has 0 bridgehead atoms. The predicted octanol–water partition coefficient (Wildman–Crippen LogP) is 4.37. The molecule has 40 heavy (non-hydrogen) atoms. The molecule has 1 N–H and O–H groups in total. The first-order valence-corrected chi connectivity index (χ1v) is 15.0. The van der Waals surface area contributed by atoms with Gasteiger partial charge in [0.25, 0.3) is 0 Å². The molecule has 214 valence electrons. The fourth-order valence-corrected chi connectivity index (χ4v) is 5.39. The Morgan fingerprint density at radius 2 is 1.55 bits per heavy atom. The van der Waals surface area contributed by atoms with E-state index in [9.17, 15) is 22.4 Å². The van der Waals surface area contributed by atoms with E-state index in [0.29, 0.717) is 13.0 Å². The van der Waals surface area contributed by atoms with Crippen LogP contribution in [0.15, 0.2) is 83.3 Å². The van der Waals surface area contributed by atoms with Crippen molar-refractivity contribution in [2.75, 3.05) is 31.5 Å². The van der Waals surface area contributed by atoms with Gasteiger partial charge in [0.1, 0.15) is 18.4 Å². The summed E-state index contributed by atoms with van der Waals surface area (Å²) in [7, 11) is -1.65. The van der Waals surface area contributed by atoms with Crippen molar-refractivity contribution in [3.8, 4) is 0 Å². The summed E-state index contributed by atoms with van der Waals surface area (Å²) in [5.74, 6) is -1.80. The van der Waals surface area contributed by atoms with Crippen LogP contribution >= 0.6 is 15.9 Å². The van der Waals surface area contributed by atoms with Gasteiger partial charge in [-0.3, -0.25) is 9.59 Å². The number of nitrogens with zero attached hydrogens (tertiary/aromatic N) is 3. The van der Waals surface area contributed by atoms with Crippen molar-refractivity contribution >= 4 is 43.6 Å². The molecule has 0 saturated carbocycles. The molecule has 1 atom stereocenters. The zero-order valence-electron chi connectivity index (χ0n) is 22.8. The molecule has 0 radical (unpaired) electrons. The molecule has 8 nitrogen and oxygen atoms in total. The quantitative estimate of drug-likeness (QED) is 0.303. The highest BCUT2D eigenvalue weighted by atomic mass is 79.9. The van der Waals surface area contributed by atoms with Crippen molar-refractivity contribution in [2.45, 2.75) is 32.4 Å². The second kappa shape index (κ2) is 14.4. The predicted molar refractivity (Wildman–Crippen MR) is 158 cm³/mol. The highest BCUT2D eigenvalue weighted by Crippen LogP contribution is 2.24. The summed E-state index contributed by atoms with van der Waals surface area (Å²) in [5, 5.41) is 2.89. The third kappa shape index (κ3) is 8.12. The number of para-hydroxylation sites is 1. The fourth-order valence-electron chi connectivity index (χ4n) is 4.06. The Kier molecular flexibility index (Phi) is 11.2. The van der Waals surface area contributed by atoms with Crippen LogP contribution in [0.2, 0.25) is 0 Å². The molecule has 11 heteroatoms. The third-order valence-electron chi connectivity index (χ3n) is 6.23. The molecule has 0 aliphatic carbocycles. The first-order valence-electron chi connectivity index (χ1n) is 12.8. The maximum Gasteiger partial charge on any atom is 0.304 e. The molecule has 2 amide bonds. The summed E-state index contributed by atoms with van der Waals surface area (Å²) >= 11 is 3.41. The molecule has 3 rings (SSSR count). The summed E-state index contributed by atoms with van der Waals surface area (Å²) in [6, 6.07) is 21.0. The zero-order chi connectivity index (χ0) is 29.3. The number of halogens is 2. The molecule has 0 unspecified atom stereocenters. The fraction of sp³-hybridized carbons (Fsp3) is 0.310. The summed E-state index contributed by atoms with van der Waals surface area (Å²) in [6.45, 7) is 1.68. The van der Waals surface area contributed by atoms with E-state index in [0.717, 1.165) is 30.3 Å². The van der Waals surface area contributed by atoms with Crippen molar-refractivity contribution in [3.63, 3.8) is 0 Å². The minimum absolute atomic E-state index is 0.0380. The van der Waals surface area contributed by atoms with Crippen LogP contribution in [-0.2, 0) is 32.8 Å². The van der Waals surface area contributed by atoms with Crippen LogP contribution in [0.1, 0.15) is 24.5 Å². The minimum Gasteiger partial charge on any atom is -0.354 e. The molecule has 0 aliphatic heterocycles. The van der Waals surface area contributed by atoms with E-state index in [1.54, 1.807) is 0 Å². The van der Waals surface area contributed by atoms with Gasteiger partial charge in [-0.1, -0.05) is 77.5 Å². The van der Waals surface area contributed by atoms with Gasteiger partial charge in [0.05, 0.1) is 5.69 Å². The first-order chi connectivity index (χ1) is 19.0. The molecule has 0 fully saturated rings. The van der Waals surface area contributed by atoms with Crippen molar-refractivity contribution < 1.29 is 22.4 Å². The lowest BCUT2D eigenvalue weighted by Gasteiger charge is -2.34. The van der Waals surface area contributed by atoms with E-state index >= 15 is 0 Å². The average Bonchev–Trinajstić information content (AvgIpc) is 2.94. The molecule has 3 aromatic rings. The Labute approximate surface area is 244 Å². The lowest BCUT2D eigenvalue weighted by atomic mass is 10.0. The molecule has 0 spiro atoms. The topological polar surface area (TPSA) is 90.0 Å². The molecular formula is C29H34BrFN4O4S. The number of hydrogen-bond donors (Lipinski definition) is 1. The number of benzene rings is 3. The first kappa shape index (κ1) is 31.3. The van der Waals surface area contributed by atoms with Gasteiger partial charge in [-0.25, -0.2) is 8.70 Å². The van der Waals surface area contributed by atoms with Crippen molar-refractivity contribution in [1.82, 2.24) is 14.5 Å². The van der Waals surface area contributed by atoms with E-state index in [1.807, 2.05) is 61.5 Å². The monoisotopic (exact) mass is 632 g/mol. The van der Waals surface area contributed by atoms with Crippen LogP contribution in [0.3, 0.4) is 0 Å². The normalized spacial score (nSPS) is 12.2. The summed E-state index contributed by atoms with van der Waals surface area (Å²) < 4.78 is 44.0.